The Morgan fingerprint density at radius 1 is 1.06 bits per heavy atom. The monoisotopic (exact) mass is 432 g/mol. The summed E-state index contributed by atoms with van der Waals surface area (Å²) in [5.74, 6) is 2.19. The molecule has 0 spiro atoms. The van der Waals surface area contributed by atoms with Crippen LogP contribution in [0.1, 0.15) is 30.6 Å². The molecule has 31 heavy (non-hydrogen) atoms. The molecule has 0 radical (unpaired) electrons. The highest BCUT2D eigenvalue weighted by Crippen LogP contribution is 2.26. The van der Waals surface area contributed by atoms with E-state index in [1.807, 2.05) is 59.9 Å². The van der Waals surface area contributed by atoms with Crippen LogP contribution in [-0.4, -0.2) is 29.3 Å². The Balaban J connectivity index is 1.66. The highest BCUT2D eigenvalue weighted by molar-refractivity contribution is 7.98. The number of hydrogen-bond donors (Lipinski definition) is 0. The lowest BCUT2D eigenvalue weighted by atomic mass is 10.2. The van der Waals surface area contributed by atoms with Gasteiger partial charge in [0.1, 0.15) is 0 Å². The van der Waals surface area contributed by atoms with Gasteiger partial charge in [0.15, 0.2) is 11.0 Å². The molecular formula is C22H20N6O2S. The van der Waals surface area contributed by atoms with Crippen molar-refractivity contribution in [1.82, 2.24) is 29.3 Å². The molecule has 0 aliphatic carbocycles. The lowest BCUT2D eigenvalue weighted by molar-refractivity contribution is 0.384. The molecule has 5 rings (SSSR count). The predicted octanol–water partition coefficient (Wildman–Crippen LogP) is 3.97. The Bertz CT molecular complexity index is 1450. The van der Waals surface area contributed by atoms with E-state index in [2.05, 4.69) is 27.3 Å². The first-order valence-electron chi connectivity index (χ1n) is 10.1. The Kier molecular flexibility index (Phi) is 5.03. The van der Waals surface area contributed by atoms with Crippen molar-refractivity contribution in [3.05, 3.63) is 76.2 Å². The van der Waals surface area contributed by atoms with E-state index in [1.165, 1.54) is 11.8 Å². The zero-order valence-electron chi connectivity index (χ0n) is 17.1. The molecule has 0 aliphatic heterocycles. The summed E-state index contributed by atoms with van der Waals surface area (Å²) in [5, 5.41) is 14.0. The summed E-state index contributed by atoms with van der Waals surface area (Å²) in [6.07, 6.45) is 1.75. The quantitative estimate of drug-likeness (QED) is 0.375. The van der Waals surface area contributed by atoms with Gasteiger partial charge in [0.25, 0.3) is 5.56 Å². The number of rotatable bonds is 6. The summed E-state index contributed by atoms with van der Waals surface area (Å²) in [6.45, 7) is 4.05. The van der Waals surface area contributed by atoms with Gasteiger partial charge < -0.3 is 4.52 Å². The van der Waals surface area contributed by atoms with Gasteiger partial charge >= 0.3 is 0 Å². The average Bonchev–Trinajstić information content (AvgIpc) is 3.41. The van der Waals surface area contributed by atoms with E-state index in [-0.39, 0.29) is 5.56 Å². The molecule has 0 bridgehead atoms. The maximum absolute atomic E-state index is 13.4. The van der Waals surface area contributed by atoms with Gasteiger partial charge in [0, 0.05) is 6.42 Å². The van der Waals surface area contributed by atoms with Crippen LogP contribution in [0, 0.1) is 6.92 Å². The summed E-state index contributed by atoms with van der Waals surface area (Å²) >= 11 is 1.45. The van der Waals surface area contributed by atoms with E-state index in [0.29, 0.717) is 33.8 Å². The number of benzene rings is 2. The third-order valence-electron chi connectivity index (χ3n) is 5.06. The van der Waals surface area contributed by atoms with Crippen LogP contribution in [0.25, 0.3) is 22.4 Å². The minimum Gasteiger partial charge on any atom is -0.338 e. The van der Waals surface area contributed by atoms with Crippen molar-refractivity contribution in [3.8, 4) is 5.69 Å². The van der Waals surface area contributed by atoms with Crippen LogP contribution in [0.15, 0.2) is 63.0 Å². The van der Waals surface area contributed by atoms with Crippen molar-refractivity contribution in [2.45, 2.75) is 37.6 Å². The largest absolute Gasteiger partial charge is 0.338 e. The van der Waals surface area contributed by atoms with Gasteiger partial charge in [-0.1, -0.05) is 54.2 Å². The molecule has 2 aromatic carbocycles. The van der Waals surface area contributed by atoms with Crippen molar-refractivity contribution in [2.24, 2.45) is 0 Å². The molecule has 0 saturated carbocycles. The van der Waals surface area contributed by atoms with E-state index in [4.69, 9.17) is 4.52 Å². The molecule has 3 aromatic heterocycles. The molecule has 0 amide bonds. The smallest absolute Gasteiger partial charge is 0.267 e. The molecule has 3 heterocycles. The van der Waals surface area contributed by atoms with Crippen LogP contribution in [0.3, 0.4) is 0 Å². The van der Waals surface area contributed by atoms with Gasteiger partial charge in [-0.3, -0.25) is 9.20 Å². The number of para-hydroxylation sites is 2. The molecule has 0 saturated heterocycles. The Morgan fingerprint density at radius 3 is 2.71 bits per heavy atom. The van der Waals surface area contributed by atoms with Gasteiger partial charge in [-0.05, 0) is 37.1 Å². The van der Waals surface area contributed by atoms with Crippen LogP contribution in [0.5, 0.6) is 0 Å². The third kappa shape index (κ3) is 3.40. The van der Waals surface area contributed by atoms with Crippen molar-refractivity contribution >= 4 is 28.4 Å². The summed E-state index contributed by atoms with van der Waals surface area (Å²) in [4.78, 5) is 17.8. The predicted molar refractivity (Wildman–Crippen MR) is 119 cm³/mol. The third-order valence-corrected chi connectivity index (χ3v) is 5.97. The fourth-order valence-electron chi connectivity index (χ4n) is 3.60. The molecule has 0 aliphatic rings. The van der Waals surface area contributed by atoms with Gasteiger partial charge in [-0.2, -0.15) is 4.98 Å². The Morgan fingerprint density at radius 2 is 1.87 bits per heavy atom. The zero-order chi connectivity index (χ0) is 21.4. The van der Waals surface area contributed by atoms with Crippen LogP contribution < -0.4 is 5.56 Å². The Labute approximate surface area is 181 Å². The fourth-order valence-corrected chi connectivity index (χ4v) is 4.38. The lowest BCUT2D eigenvalue weighted by Crippen LogP contribution is -2.22. The maximum atomic E-state index is 13.4. The normalized spacial score (nSPS) is 11.5. The molecule has 0 N–H and O–H groups in total. The first-order chi connectivity index (χ1) is 15.2. The number of thioether (sulfide) groups is 1. The van der Waals surface area contributed by atoms with Gasteiger partial charge in [0.2, 0.25) is 11.7 Å². The van der Waals surface area contributed by atoms with E-state index < -0.39 is 0 Å². The van der Waals surface area contributed by atoms with E-state index in [9.17, 15) is 4.79 Å². The fraction of sp³-hybridized carbons (Fsp3) is 0.227. The van der Waals surface area contributed by atoms with Crippen LogP contribution >= 0.6 is 11.8 Å². The molecule has 0 fully saturated rings. The second kappa shape index (κ2) is 7.99. The van der Waals surface area contributed by atoms with Gasteiger partial charge in [-0.15, -0.1) is 10.2 Å². The zero-order valence-corrected chi connectivity index (χ0v) is 18.0. The minimum atomic E-state index is -0.123. The summed E-state index contributed by atoms with van der Waals surface area (Å²) in [6, 6.07) is 15.3. The van der Waals surface area contributed by atoms with Crippen molar-refractivity contribution in [3.63, 3.8) is 0 Å². The number of aromatic nitrogens is 6. The molecule has 8 nitrogen and oxygen atoms in total. The van der Waals surface area contributed by atoms with Crippen LogP contribution in [0.4, 0.5) is 0 Å². The van der Waals surface area contributed by atoms with Crippen molar-refractivity contribution in [1.29, 1.82) is 0 Å². The van der Waals surface area contributed by atoms with Crippen molar-refractivity contribution in [2.75, 3.05) is 0 Å². The van der Waals surface area contributed by atoms with E-state index >= 15 is 0 Å². The number of fused-ring (bicyclic) bond motifs is 3. The summed E-state index contributed by atoms with van der Waals surface area (Å²) < 4.78 is 8.89. The van der Waals surface area contributed by atoms with E-state index in [0.717, 1.165) is 29.6 Å². The first kappa shape index (κ1) is 19.5. The highest BCUT2D eigenvalue weighted by Gasteiger charge is 2.19. The molecule has 5 aromatic rings. The minimum absolute atomic E-state index is 0.123. The lowest BCUT2D eigenvalue weighted by Gasteiger charge is -2.13. The van der Waals surface area contributed by atoms with Crippen LogP contribution in [-0.2, 0) is 12.2 Å². The average molecular weight is 433 g/mol. The summed E-state index contributed by atoms with van der Waals surface area (Å²) in [7, 11) is 0. The molecule has 0 atom stereocenters. The summed E-state index contributed by atoms with van der Waals surface area (Å²) in [5.41, 5.74) is 2.40. The topological polar surface area (TPSA) is 91.1 Å². The number of hydrogen-bond acceptors (Lipinski definition) is 7. The van der Waals surface area contributed by atoms with Crippen molar-refractivity contribution < 1.29 is 4.52 Å². The maximum Gasteiger partial charge on any atom is 0.267 e. The van der Waals surface area contributed by atoms with E-state index in [1.54, 1.807) is 4.57 Å². The first-order valence-corrected chi connectivity index (χ1v) is 11.0. The number of nitrogens with zero attached hydrogens (tertiary/aromatic N) is 6. The SMILES string of the molecule is CCCc1noc(CSc2nnc3n(-c4ccccc4C)c(=O)c4ccccc4n23)n1. The standard InChI is InChI=1S/C22H20N6O2S/c1-3-8-18-23-19(30-26-18)13-31-22-25-24-21-27(16-11-6-4-9-14(16)2)20(29)15-10-5-7-12-17(15)28(21)22/h4-7,9-12H,3,8,13H2,1-2H3. The van der Waals surface area contributed by atoms with Gasteiger partial charge in [-0.25, -0.2) is 4.57 Å². The Hall–Kier alpha value is -3.46. The second-order valence-electron chi connectivity index (χ2n) is 7.21. The molecule has 0 unspecified atom stereocenters. The van der Waals surface area contributed by atoms with Crippen LogP contribution in [0.2, 0.25) is 0 Å². The number of aryl methyl sites for hydroxylation is 2. The molecule has 156 valence electrons. The molecule has 9 heteroatoms. The highest BCUT2D eigenvalue weighted by atomic mass is 32.2. The molecular weight excluding hydrogens is 412 g/mol. The second-order valence-corrected chi connectivity index (χ2v) is 8.15. The van der Waals surface area contributed by atoms with Gasteiger partial charge in [0.05, 0.1) is 22.3 Å².